The highest BCUT2D eigenvalue weighted by molar-refractivity contribution is 7.13. The van der Waals surface area contributed by atoms with Gasteiger partial charge in [0.1, 0.15) is 10.8 Å². The minimum absolute atomic E-state index is 0.648. The van der Waals surface area contributed by atoms with Crippen molar-refractivity contribution in [2.45, 2.75) is 20.3 Å². The topological polar surface area (TPSA) is 22.1 Å². The first kappa shape index (κ1) is 12.1. The van der Waals surface area contributed by atoms with Crippen molar-refractivity contribution < 1.29 is 4.74 Å². The number of methoxy groups -OCH3 is 1. The number of nitrogens with zero attached hydrogens (tertiary/aromatic N) is 1. The lowest BCUT2D eigenvalue weighted by molar-refractivity contribution is 0.415. The van der Waals surface area contributed by atoms with E-state index in [1.165, 1.54) is 5.69 Å². The standard InChI is InChI=1S/C14H17NOS/c1-10(2)7-12-9-17-14(15-12)11-5-4-6-13(8-11)16-3/h4-6,8-10H,7H2,1-3H3. The molecule has 3 heteroatoms. The van der Waals surface area contributed by atoms with Gasteiger partial charge < -0.3 is 4.74 Å². The Labute approximate surface area is 106 Å². The fraction of sp³-hybridized carbons (Fsp3) is 0.357. The number of aromatic nitrogens is 1. The lowest BCUT2D eigenvalue weighted by Gasteiger charge is -2.02. The lowest BCUT2D eigenvalue weighted by atomic mass is 10.1. The van der Waals surface area contributed by atoms with E-state index in [2.05, 4.69) is 30.3 Å². The van der Waals surface area contributed by atoms with E-state index >= 15 is 0 Å². The first-order valence-electron chi connectivity index (χ1n) is 5.78. The van der Waals surface area contributed by atoms with Crippen molar-refractivity contribution in [1.82, 2.24) is 4.98 Å². The molecule has 0 spiro atoms. The van der Waals surface area contributed by atoms with E-state index in [1.54, 1.807) is 18.4 Å². The zero-order valence-corrected chi connectivity index (χ0v) is 11.3. The van der Waals surface area contributed by atoms with Gasteiger partial charge in [-0.2, -0.15) is 0 Å². The zero-order valence-electron chi connectivity index (χ0n) is 10.4. The predicted molar refractivity (Wildman–Crippen MR) is 72.6 cm³/mol. The predicted octanol–water partition coefficient (Wildman–Crippen LogP) is 4.02. The van der Waals surface area contributed by atoms with Crippen LogP contribution in [0.25, 0.3) is 10.6 Å². The molecule has 90 valence electrons. The van der Waals surface area contributed by atoms with Crippen molar-refractivity contribution >= 4 is 11.3 Å². The van der Waals surface area contributed by atoms with Gasteiger partial charge in [0.05, 0.1) is 12.8 Å². The van der Waals surface area contributed by atoms with Crippen LogP contribution in [0.1, 0.15) is 19.5 Å². The van der Waals surface area contributed by atoms with Gasteiger partial charge in [-0.1, -0.05) is 26.0 Å². The molecule has 0 saturated heterocycles. The van der Waals surface area contributed by atoms with Crippen molar-refractivity contribution in [2.75, 3.05) is 7.11 Å². The van der Waals surface area contributed by atoms with Crippen molar-refractivity contribution in [3.8, 4) is 16.3 Å². The number of hydrogen-bond donors (Lipinski definition) is 0. The molecule has 2 nitrogen and oxygen atoms in total. The van der Waals surface area contributed by atoms with Gasteiger partial charge in [0.25, 0.3) is 0 Å². The summed E-state index contributed by atoms with van der Waals surface area (Å²) in [6.07, 6.45) is 1.04. The Kier molecular flexibility index (Phi) is 3.79. The Morgan fingerprint density at radius 3 is 2.88 bits per heavy atom. The second-order valence-electron chi connectivity index (χ2n) is 4.47. The van der Waals surface area contributed by atoms with E-state index < -0.39 is 0 Å². The number of benzene rings is 1. The summed E-state index contributed by atoms with van der Waals surface area (Å²) in [7, 11) is 1.69. The van der Waals surface area contributed by atoms with Crippen LogP contribution in [-0.2, 0) is 6.42 Å². The van der Waals surface area contributed by atoms with E-state index in [9.17, 15) is 0 Å². The maximum atomic E-state index is 5.22. The molecule has 1 heterocycles. The van der Waals surface area contributed by atoms with Gasteiger partial charge in [0, 0.05) is 10.9 Å². The molecule has 17 heavy (non-hydrogen) atoms. The van der Waals surface area contributed by atoms with Gasteiger partial charge in [-0.05, 0) is 24.5 Å². The molecule has 0 aliphatic rings. The molecule has 1 aromatic carbocycles. The molecular formula is C14H17NOS. The van der Waals surface area contributed by atoms with Gasteiger partial charge in [-0.15, -0.1) is 11.3 Å². The van der Waals surface area contributed by atoms with Gasteiger partial charge >= 0.3 is 0 Å². The van der Waals surface area contributed by atoms with Crippen LogP contribution in [0.5, 0.6) is 5.75 Å². The van der Waals surface area contributed by atoms with Crippen LogP contribution in [0.2, 0.25) is 0 Å². The minimum atomic E-state index is 0.648. The molecule has 0 unspecified atom stereocenters. The Hall–Kier alpha value is -1.35. The molecule has 0 atom stereocenters. The molecule has 0 aliphatic carbocycles. The second kappa shape index (κ2) is 5.32. The molecular weight excluding hydrogens is 230 g/mol. The smallest absolute Gasteiger partial charge is 0.123 e. The lowest BCUT2D eigenvalue weighted by Crippen LogP contribution is -1.93. The number of rotatable bonds is 4. The van der Waals surface area contributed by atoms with Crippen LogP contribution in [0.15, 0.2) is 29.6 Å². The molecule has 2 rings (SSSR count). The first-order valence-corrected chi connectivity index (χ1v) is 6.66. The molecule has 2 aromatic rings. The highest BCUT2D eigenvalue weighted by Gasteiger charge is 2.06. The van der Waals surface area contributed by atoms with Crippen LogP contribution in [-0.4, -0.2) is 12.1 Å². The fourth-order valence-electron chi connectivity index (χ4n) is 1.71. The average molecular weight is 247 g/mol. The number of ether oxygens (including phenoxy) is 1. The number of hydrogen-bond acceptors (Lipinski definition) is 3. The van der Waals surface area contributed by atoms with Gasteiger partial charge in [-0.25, -0.2) is 4.98 Å². The summed E-state index contributed by atoms with van der Waals surface area (Å²) in [5, 5.41) is 3.22. The third-order valence-corrected chi connectivity index (χ3v) is 3.43. The minimum Gasteiger partial charge on any atom is -0.497 e. The van der Waals surface area contributed by atoms with Crippen molar-refractivity contribution in [3.05, 3.63) is 35.3 Å². The third-order valence-electron chi connectivity index (χ3n) is 2.49. The molecule has 1 aromatic heterocycles. The monoisotopic (exact) mass is 247 g/mol. The summed E-state index contributed by atoms with van der Waals surface area (Å²) in [6, 6.07) is 8.04. The van der Waals surface area contributed by atoms with Gasteiger partial charge in [0.15, 0.2) is 0 Å². The molecule has 0 saturated carbocycles. The van der Waals surface area contributed by atoms with E-state index in [0.717, 1.165) is 22.7 Å². The van der Waals surface area contributed by atoms with Crippen LogP contribution in [0.4, 0.5) is 0 Å². The normalized spacial score (nSPS) is 10.8. The maximum absolute atomic E-state index is 5.22. The molecule has 0 amide bonds. The molecule has 0 N–H and O–H groups in total. The Morgan fingerprint density at radius 1 is 1.35 bits per heavy atom. The summed E-state index contributed by atoms with van der Waals surface area (Å²) in [5.74, 6) is 1.53. The van der Waals surface area contributed by atoms with Crippen LogP contribution >= 0.6 is 11.3 Å². The second-order valence-corrected chi connectivity index (χ2v) is 5.33. The summed E-state index contributed by atoms with van der Waals surface area (Å²) < 4.78 is 5.22. The maximum Gasteiger partial charge on any atom is 0.123 e. The summed E-state index contributed by atoms with van der Waals surface area (Å²) in [4.78, 5) is 4.66. The van der Waals surface area contributed by atoms with Gasteiger partial charge in [0.2, 0.25) is 0 Å². The molecule has 0 fully saturated rings. The van der Waals surface area contributed by atoms with Crippen molar-refractivity contribution in [3.63, 3.8) is 0 Å². The van der Waals surface area contributed by atoms with E-state index in [4.69, 9.17) is 4.74 Å². The fourth-order valence-corrected chi connectivity index (χ4v) is 2.54. The number of thiazole rings is 1. The summed E-state index contributed by atoms with van der Waals surface area (Å²) in [6.45, 7) is 4.43. The molecule has 0 bridgehead atoms. The Morgan fingerprint density at radius 2 is 2.18 bits per heavy atom. The van der Waals surface area contributed by atoms with Crippen LogP contribution < -0.4 is 4.74 Å². The van der Waals surface area contributed by atoms with E-state index in [-0.39, 0.29) is 0 Å². The third kappa shape index (κ3) is 3.07. The van der Waals surface area contributed by atoms with Crippen LogP contribution in [0, 0.1) is 5.92 Å². The van der Waals surface area contributed by atoms with E-state index in [1.807, 2.05) is 18.2 Å². The largest absolute Gasteiger partial charge is 0.497 e. The van der Waals surface area contributed by atoms with E-state index in [0.29, 0.717) is 5.92 Å². The van der Waals surface area contributed by atoms with Crippen LogP contribution in [0.3, 0.4) is 0 Å². The zero-order chi connectivity index (χ0) is 12.3. The van der Waals surface area contributed by atoms with Crippen molar-refractivity contribution in [1.29, 1.82) is 0 Å². The van der Waals surface area contributed by atoms with Crippen molar-refractivity contribution in [2.24, 2.45) is 5.92 Å². The SMILES string of the molecule is COc1cccc(-c2nc(CC(C)C)cs2)c1. The summed E-state index contributed by atoms with van der Waals surface area (Å²) >= 11 is 1.70. The Balaban J connectivity index is 2.24. The molecule has 0 aliphatic heterocycles. The molecule has 0 radical (unpaired) electrons. The first-order chi connectivity index (χ1) is 8.19. The van der Waals surface area contributed by atoms with Gasteiger partial charge in [-0.3, -0.25) is 0 Å². The highest BCUT2D eigenvalue weighted by atomic mass is 32.1. The highest BCUT2D eigenvalue weighted by Crippen LogP contribution is 2.27. The quantitative estimate of drug-likeness (QED) is 0.814. The summed E-state index contributed by atoms with van der Waals surface area (Å²) in [5.41, 5.74) is 2.31. The Bertz CT molecular complexity index is 490. The average Bonchev–Trinajstić information content (AvgIpc) is 2.77.